The highest BCUT2D eigenvalue weighted by atomic mass is 16.5. The van der Waals surface area contributed by atoms with E-state index < -0.39 is 0 Å². The standard InChI is InChI=1S/C23H22N4O/c1-28-22-9-5-4-8-21(22)26-10-12-27(13-11-26)23-16-24-19-14-17-6-2-3-7-18(17)15-20(19)25-23/h2-9,14-16H,10-13H2,1H3. The predicted molar refractivity (Wildman–Crippen MR) is 114 cm³/mol. The molecule has 0 amide bonds. The second kappa shape index (κ2) is 7.00. The smallest absolute Gasteiger partial charge is 0.147 e. The summed E-state index contributed by atoms with van der Waals surface area (Å²) in [5.74, 6) is 1.87. The van der Waals surface area contributed by atoms with Gasteiger partial charge in [0.05, 0.1) is 30.0 Å². The molecule has 1 fully saturated rings. The Morgan fingerprint density at radius 3 is 2.18 bits per heavy atom. The first-order valence-corrected chi connectivity index (χ1v) is 9.60. The first-order chi connectivity index (χ1) is 13.8. The molecule has 4 aromatic rings. The van der Waals surface area contributed by atoms with Gasteiger partial charge in [-0.25, -0.2) is 4.98 Å². The molecule has 0 aliphatic carbocycles. The molecule has 1 aromatic heterocycles. The molecule has 0 spiro atoms. The lowest BCUT2D eigenvalue weighted by atomic mass is 10.1. The maximum atomic E-state index is 5.52. The fourth-order valence-corrected chi connectivity index (χ4v) is 3.91. The molecule has 0 unspecified atom stereocenters. The second-order valence-corrected chi connectivity index (χ2v) is 7.06. The van der Waals surface area contributed by atoms with E-state index in [1.165, 1.54) is 10.8 Å². The molecule has 5 nitrogen and oxygen atoms in total. The number of rotatable bonds is 3. The number of methoxy groups -OCH3 is 1. The number of anilines is 2. The first kappa shape index (κ1) is 16.8. The molecule has 2 heterocycles. The van der Waals surface area contributed by atoms with E-state index in [4.69, 9.17) is 9.72 Å². The Morgan fingerprint density at radius 1 is 0.786 bits per heavy atom. The van der Waals surface area contributed by atoms with Gasteiger partial charge in [0.2, 0.25) is 0 Å². The van der Waals surface area contributed by atoms with Gasteiger partial charge in [-0.05, 0) is 35.0 Å². The van der Waals surface area contributed by atoms with Crippen molar-refractivity contribution in [2.45, 2.75) is 0 Å². The minimum Gasteiger partial charge on any atom is -0.495 e. The average Bonchev–Trinajstić information content (AvgIpc) is 2.77. The number of fused-ring (bicyclic) bond motifs is 2. The van der Waals surface area contributed by atoms with Gasteiger partial charge in [-0.1, -0.05) is 36.4 Å². The van der Waals surface area contributed by atoms with E-state index in [2.05, 4.69) is 63.3 Å². The largest absolute Gasteiger partial charge is 0.495 e. The van der Waals surface area contributed by atoms with Gasteiger partial charge in [0, 0.05) is 26.2 Å². The zero-order valence-corrected chi connectivity index (χ0v) is 15.9. The third kappa shape index (κ3) is 2.99. The molecular formula is C23H22N4O. The van der Waals surface area contributed by atoms with E-state index in [1.807, 2.05) is 18.3 Å². The van der Waals surface area contributed by atoms with Crippen molar-refractivity contribution >= 4 is 33.3 Å². The molecule has 1 aliphatic rings. The number of piperazine rings is 1. The molecule has 1 saturated heterocycles. The molecular weight excluding hydrogens is 348 g/mol. The van der Waals surface area contributed by atoms with Crippen LogP contribution < -0.4 is 14.5 Å². The highest BCUT2D eigenvalue weighted by Crippen LogP contribution is 2.29. The number of benzene rings is 3. The second-order valence-electron chi connectivity index (χ2n) is 7.06. The Labute approximate surface area is 164 Å². The van der Waals surface area contributed by atoms with Crippen LogP contribution in [0.5, 0.6) is 5.75 Å². The minimum atomic E-state index is 0.909. The van der Waals surface area contributed by atoms with Crippen LogP contribution in [-0.4, -0.2) is 43.3 Å². The Morgan fingerprint density at radius 2 is 1.43 bits per heavy atom. The summed E-state index contributed by atoms with van der Waals surface area (Å²) < 4.78 is 5.52. The van der Waals surface area contributed by atoms with Crippen molar-refractivity contribution in [1.29, 1.82) is 0 Å². The summed E-state index contributed by atoms with van der Waals surface area (Å²) in [5, 5.41) is 2.39. The van der Waals surface area contributed by atoms with Crippen molar-refractivity contribution < 1.29 is 4.74 Å². The SMILES string of the molecule is COc1ccccc1N1CCN(c2cnc3cc4ccccc4cc3n2)CC1. The van der Waals surface area contributed by atoms with Crippen LogP contribution >= 0.6 is 0 Å². The fraction of sp³-hybridized carbons (Fsp3) is 0.217. The van der Waals surface area contributed by atoms with E-state index in [-0.39, 0.29) is 0 Å². The van der Waals surface area contributed by atoms with Gasteiger partial charge in [0.1, 0.15) is 11.6 Å². The summed E-state index contributed by atoms with van der Waals surface area (Å²) in [6.45, 7) is 3.67. The van der Waals surface area contributed by atoms with Crippen LogP contribution in [0.25, 0.3) is 21.8 Å². The fourth-order valence-electron chi connectivity index (χ4n) is 3.91. The zero-order valence-electron chi connectivity index (χ0n) is 15.9. The molecule has 5 heteroatoms. The Balaban J connectivity index is 1.38. The predicted octanol–water partition coefficient (Wildman–Crippen LogP) is 4.12. The van der Waals surface area contributed by atoms with Gasteiger partial charge >= 0.3 is 0 Å². The number of hydrogen-bond donors (Lipinski definition) is 0. The lowest BCUT2D eigenvalue weighted by molar-refractivity contribution is 0.413. The van der Waals surface area contributed by atoms with Crippen LogP contribution in [-0.2, 0) is 0 Å². The third-order valence-corrected chi connectivity index (χ3v) is 5.43. The molecule has 140 valence electrons. The number of ether oxygens (including phenoxy) is 1. The van der Waals surface area contributed by atoms with Gasteiger partial charge in [-0.2, -0.15) is 0 Å². The summed E-state index contributed by atoms with van der Waals surface area (Å²) in [7, 11) is 1.73. The molecule has 0 radical (unpaired) electrons. The topological polar surface area (TPSA) is 41.5 Å². The van der Waals surface area contributed by atoms with E-state index in [0.29, 0.717) is 0 Å². The Hall–Kier alpha value is -3.34. The molecule has 0 bridgehead atoms. The summed E-state index contributed by atoms with van der Waals surface area (Å²) in [6, 6.07) is 20.8. The third-order valence-electron chi connectivity index (χ3n) is 5.43. The zero-order chi connectivity index (χ0) is 18.9. The average molecular weight is 370 g/mol. The highest BCUT2D eigenvalue weighted by molar-refractivity contribution is 5.95. The van der Waals surface area contributed by atoms with Gasteiger partial charge in [-0.15, -0.1) is 0 Å². The van der Waals surface area contributed by atoms with E-state index in [9.17, 15) is 0 Å². The van der Waals surface area contributed by atoms with Crippen LogP contribution in [0.3, 0.4) is 0 Å². The van der Waals surface area contributed by atoms with Crippen LogP contribution in [0.15, 0.2) is 66.9 Å². The van der Waals surface area contributed by atoms with Crippen molar-refractivity contribution in [3.05, 3.63) is 66.9 Å². The van der Waals surface area contributed by atoms with Gasteiger partial charge < -0.3 is 14.5 Å². The van der Waals surface area contributed by atoms with Crippen molar-refractivity contribution in [3.63, 3.8) is 0 Å². The van der Waals surface area contributed by atoms with Gasteiger partial charge in [0.15, 0.2) is 0 Å². The van der Waals surface area contributed by atoms with Crippen LogP contribution in [0.2, 0.25) is 0 Å². The van der Waals surface area contributed by atoms with Gasteiger partial charge in [-0.3, -0.25) is 4.98 Å². The van der Waals surface area contributed by atoms with Crippen LogP contribution in [0.1, 0.15) is 0 Å². The van der Waals surface area contributed by atoms with E-state index >= 15 is 0 Å². The van der Waals surface area contributed by atoms with E-state index in [1.54, 1.807) is 7.11 Å². The Kier molecular flexibility index (Phi) is 4.20. The summed E-state index contributed by atoms with van der Waals surface area (Å²) in [4.78, 5) is 14.3. The lowest BCUT2D eigenvalue weighted by Gasteiger charge is -2.37. The van der Waals surface area contributed by atoms with Gasteiger partial charge in [0.25, 0.3) is 0 Å². The normalized spacial score (nSPS) is 14.6. The number of para-hydroxylation sites is 2. The molecule has 5 rings (SSSR count). The molecule has 0 saturated carbocycles. The quantitative estimate of drug-likeness (QED) is 0.508. The number of hydrogen-bond acceptors (Lipinski definition) is 5. The first-order valence-electron chi connectivity index (χ1n) is 9.60. The van der Waals surface area contributed by atoms with Crippen molar-refractivity contribution in [2.75, 3.05) is 43.1 Å². The minimum absolute atomic E-state index is 0.909. The number of aromatic nitrogens is 2. The highest BCUT2D eigenvalue weighted by Gasteiger charge is 2.20. The van der Waals surface area contributed by atoms with E-state index in [0.717, 1.165) is 54.5 Å². The lowest BCUT2D eigenvalue weighted by Crippen LogP contribution is -2.47. The summed E-state index contributed by atoms with van der Waals surface area (Å²) >= 11 is 0. The summed E-state index contributed by atoms with van der Waals surface area (Å²) in [5.41, 5.74) is 3.04. The van der Waals surface area contributed by atoms with Crippen molar-refractivity contribution in [1.82, 2.24) is 9.97 Å². The maximum Gasteiger partial charge on any atom is 0.147 e. The van der Waals surface area contributed by atoms with Crippen molar-refractivity contribution in [2.24, 2.45) is 0 Å². The molecule has 0 atom stereocenters. The molecule has 0 N–H and O–H groups in total. The number of nitrogens with zero attached hydrogens (tertiary/aromatic N) is 4. The maximum absolute atomic E-state index is 5.52. The summed E-state index contributed by atoms with van der Waals surface area (Å²) in [6.07, 6.45) is 1.90. The Bertz CT molecular complexity index is 1140. The van der Waals surface area contributed by atoms with Crippen LogP contribution in [0.4, 0.5) is 11.5 Å². The monoisotopic (exact) mass is 370 g/mol. The van der Waals surface area contributed by atoms with Crippen molar-refractivity contribution in [3.8, 4) is 5.75 Å². The molecule has 3 aromatic carbocycles. The molecule has 1 aliphatic heterocycles. The molecule has 28 heavy (non-hydrogen) atoms. The van der Waals surface area contributed by atoms with Crippen LogP contribution in [0, 0.1) is 0 Å².